The number of pyridine rings is 1. The largest absolute Gasteiger partial charge is 0.385 e. The van der Waals surface area contributed by atoms with E-state index in [4.69, 9.17) is 5.73 Å². The zero-order chi connectivity index (χ0) is 13.2. The second-order valence-corrected chi connectivity index (χ2v) is 5.24. The fourth-order valence-corrected chi connectivity index (χ4v) is 3.08. The van der Waals surface area contributed by atoms with E-state index in [1.54, 1.807) is 0 Å². The SMILES string of the molecule is CCN1CCCCC1Cc1nnc2cccc(N)n12. The molecule has 2 aromatic rings. The predicted octanol–water partition coefficient (Wildman–Crippen LogP) is 1.73. The van der Waals surface area contributed by atoms with Crippen LogP contribution in [0.4, 0.5) is 5.82 Å². The maximum atomic E-state index is 6.04. The van der Waals surface area contributed by atoms with Crippen molar-refractivity contribution in [3.63, 3.8) is 0 Å². The molecule has 0 radical (unpaired) electrons. The van der Waals surface area contributed by atoms with Crippen LogP contribution in [0.3, 0.4) is 0 Å². The zero-order valence-corrected chi connectivity index (χ0v) is 11.4. The first kappa shape index (κ1) is 12.4. The standard InChI is InChI=1S/C14H21N5/c1-2-18-9-4-3-6-11(18)10-14-17-16-13-8-5-7-12(15)19(13)14/h5,7-8,11H,2-4,6,9-10,15H2,1H3. The van der Waals surface area contributed by atoms with E-state index in [0.29, 0.717) is 6.04 Å². The topological polar surface area (TPSA) is 59.5 Å². The summed E-state index contributed by atoms with van der Waals surface area (Å²) in [6.07, 6.45) is 4.80. The minimum absolute atomic E-state index is 0.575. The lowest BCUT2D eigenvalue weighted by Gasteiger charge is -2.34. The number of fused-ring (bicyclic) bond motifs is 1. The minimum atomic E-state index is 0.575. The van der Waals surface area contributed by atoms with E-state index in [0.717, 1.165) is 30.3 Å². The van der Waals surface area contributed by atoms with Gasteiger partial charge in [0.15, 0.2) is 5.65 Å². The maximum Gasteiger partial charge on any atom is 0.162 e. The van der Waals surface area contributed by atoms with Gasteiger partial charge in [0, 0.05) is 12.5 Å². The average Bonchev–Trinajstić information content (AvgIpc) is 2.84. The van der Waals surface area contributed by atoms with Crippen molar-refractivity contribution in [1.82, 2.24) is 19.5 Å². The average molecular weight is 259 g/mol. The van der Waals surface area contributed by atoms with Gasteiger partial charge in [-0.25, -0.2) is 0 Å². The number of hydrogen-bond acceptors (Lipinski definition) is 4. The molecule has 0 aliphatic carbocycles. The quantitative estimate of drug-likeness (QED) is 0.912. The van der Waals surface area contributed by atoms with Gasteiger partial charge in [0.05, 0.1) is 0 Å². The molecule has 1 aliphatic heterocycles. The molecule has 1 atom stereocenters. The van der Waals surface area contributed by atoms with Crippen molar-refractivity contribution in [2.24, 2.45) is 0 Å². The molecule has 5 nitrogen and oxygen atoms in total. The Balaban J connectivity index is 1.88. The molecule has 102 valence electrons. The minimum Gasteiger partial charge on any atom is -0.385 e. The van der Waals surface area contributed by atoms with Crippen LogP contribution in [0.1, 0.15) is 32.0 Å². The Labute approximate surface area is 113 Å². The fourth-order valence-electron chi connectivity index (χ4n) is 3.08. The zero-order valence-electron chi connectivity index (χ0n) is 11.4. The van der Waals surface area contributed by atoms with Gasteiger partial charge in [0.1, 0.15) is 11.6 Å². The van der Waals surface area contributed by atoms with Gasteiger partial charge in [-0.15, -0.1) is 10.2 Å². The van der Waals surface area contributed by atoms with Crippen LogP contribution < -0.4 is 5.73 Å². The summed E-state index contributed by atoms with van der Waals surface area (Å²) in [5, 5.41) is 8.54. The Bertz CT molecular complexity index is 562. The van der Waals surface area contributed by atoms with Gasteiger partial charge in [0.2, 0.25) is 0 Å². The van der Waals surface area contributed by atoms with E-state index in [2.05, 4.69) is 22.0 Å². The Morgan fingerprint density at radius 1 is 1.32 bits per heavy atom. The highest BCUT2D eigenvalue weighted by atomic mass is 15.3. The molecule has 5 heteroatoms. The van der Waals surface area contributed by atoms with Crippen molar-refractivity contribution < 1.29 is 0 Å². The third kappa shape index (κ3) is 2.30. The molecule has 0 spiro atoms. The molecular formula is C14H21N5. The first-order valence-corrected chi connectivity index (χ1v) is 7.12. The molecule has 0 bridgehead atoms. The van der Waals surface area contributed by atoms with Crippen LogP contribution in [-0.2, 0) is 6.42 Å². The summed E-state index contributed by atoms with van der Waals surface area (Å²) in [5.41, 5.74) is 6.88. The summed E-state index contributed by atoms with van der Waals surface area (Å²) in [6.45, 7) is 4.54. The number of rotatable bonds is 3. The Kier molecular flexibility index (Phi) is 3.38. The van der Waals surface area contributed by atoms with E-state index in [-0.39, 0.29) is 0 Å². The molecule has 0 amide bonds. The number of nitrogens with two attached hydrogens (primary N) is 1. The van der Waals surface area contributed by atoms with Crippen molar-refractivity contribution in [3.8, 4) is 0 Å². The summed E-state index contributed by atoms with van der Waals surface area (Å²) in [5.74, 6) is 1.70. The maximum absolute atomic E-state index is 6.04. The fraction of sp³-hybridized carbons (Fsp3) is 0.571. The summed E-state index contributed by atoms with van der Waals surface area (Å²) < 4.78 is 1.97. The van der Waals surface area contributed by atoms with Crippen LogP contribution in [-0.4, -0.2) is 38.6 Å². The van der Waals surface area contributed by atoms with Crippen LogP contribution in [0.2, 0.25) is 0 Å². The van der Waals surface area contributed by atoms with Crippen LogP contribution in [0, 0.1) is 0 Å². The van der Waals surface area contributed by atoms with E-state index in [1.807, 2.05) is 22.6 Å². The van der Waals surface area contributed by atoms with E-state index < -0.39 is 0 Å². The highest BCUT2D eigenvalue weighted by Crippen LogP contribution is 2.21. The van der Waals surface area contributed by atoms with Crippen molar-refractivity contribution in [2.45, 2.75) is 38.6 Å². The number of aromatic nitrogens is 3. The third-order valence-electron chi connectivity index (χ3n) is 4.10. The normalized spacial score (nSPS) is 21.0. The van der Waals surface area contributed by atoms with Crippen LogP contribution in [0.25, 0.3) is 5.65 Å². The molecule has 3 heterocycles. The number of hydrogen-bond donors (Lipinski definition) is 1. The van der Waals surface area contributed by atoms with Gasteiger partial charge in [0.25, 0.3) is 0 Å². The number of nitrogens with zero attached hydrogens (tertiary/aromatic N) is 4. The molecule has 1 aliphatic rings. The Hall–Kier alpha value is -1.62. The van der Waals surface area contributed by atoms with Crippen molar-refractivity contribution in [2.75, 3.05) is 18.8 Å². The predicted molar refractivity (Wildman–Crippen MR) is 76.0 cm³/mol. The van der Waals surface area contributed by atoms with Gasteiger partial charge in [-0.3, -0.25) is 4.40 Å². The van der Waals surface area contributed by atoms with Crippen LogP contribution >= 0.6 is 0 Å². The second-order valence-electron chi connectivity index (χ2n) is 5.24. The molecular weight excluding hydrogens is 238 g/mol. The summed E-state index contributed by atoms with van der Waals surface area (Å²) in [4.78, 5) is 2.55. The third-order valence-corrected chi connectivity index (χ3v) is 4.10. The van der Waals surface area contributed by atoms with Gasteiger partial charge < -0.3 is 10.6 Å². The molecule has 3 rings (SSSR count). The molecule has 0 saturated carbocycles. The first-order chi connectivity index (χ1) is 9.29. The second kappa shape index (κ2) is 5.17. The van der Waals surface area contributed by atoms with Crippen molar-refractivity contribution in [1.29, 1.82) is 0 Å². The molecule has 2 N–H and O–H groups in total. The highest BCUT2D eigenvalue weighted by Gasteiger charge is 2.23. The lowest BCUT2D eigenvalue weighted by Crippen LogP contribution is -2.40. The summed E-state index contributed by atoms with van der Waals surface area (Å²) in [6, 6.07) is 6.34. The molecule has 19 heavy (non-hydrogen) atoms. The van der Waals surface area contributed by atoms with Crippen LogP contribution in [0.15, 0.2) is 18.2 Å². The molecule has 0 aromatic carbocycles. The number of piperidine rings is 1. The van der Waals surface area contributed by atoms with Gasteiger partial charge in [-0.1, -0.05) is 19.4 Å². The van der Waals surface area contributed by atoms with Gasteiger partial charge in [-0.05, 0) is 38.1 Å². The Morgan fingerprint density at radius 2 is 2.21 bits per heavy atom. The van der Waals surface area contributed by atoms with Crippen LogP contribution in [0.5, 0.6) is 0 Å². The van der Waals surface area contributed by atoms with Crippen molar-refractivity contribution >= 4 is 11.5 Å². The Morgan fingerprint density at radius 3 is 3.05 bits per heavy atom. The first-order valence-electron chi connectivity index (χ1n) is 7.12. The molecule has 2 aromatic heterocycles. The van der Waals surface area contributed by atoms with E-state index >= 15 is 0 Å². The summed E-state index contributed by atoms with van der Waals surface area (Å²) >= 11 is 0. The number of nitrogen functional groups attached to an aromatic ring is 1. The van der Waals surface area contributed by atoms with Crippen molar-refractivity contribution in [3.05, 3.63) is 24.0 Å². The van der Waals surface area contributed by atoms with Gasteiger partial charge >= 0.3 is 0 Å². The number of likely N-dealkylation sites (N-methyl/N-ethyl adjacent to an activating group) is 1. The number of anilines is 1. The molecule has 1 unspecified atom stereocenters. The van der Waals surface area contributed by atoms with E-state index in [9.17, 15) is 0 Å². The lowest BCUT2D eigenvalue weighted by molar-refractivity contribution is 0.153. The molecule has 1 saturated heterocycles. The smallest absolute Gasteiger partial charge is 0.162 e. The number of likely N-dealkylation sites (tertiary alicyclic amines) is 1. The molecule has 1 fully saturated rings. The van der Waals surface area contributed by atoms with Gasteiger partial charge in [-0.2, -0.15) is 0 Å². The monoisotopic (exact) mass is 259 g/mol. The van der Waals surface area contributed by atoms with E-state index in [1.165, 1.54) is 25.8 Å². The summed E-state index contributed by atoms with van der Waals surface area (Å²) in [7, 11) is 0. The highest BCUT2D eigenvalue weighted by molar-refractivity contribution is 5.47. The lowest BCUT2D eigenvalue weighted by atomic mass is 9.99.